The predicted molar refractivity (Wildman–Crippen MR) is 133 cm³/mol. The third-order valence-corrected chi connectivity index (χ3v) is 6.23. The molecule has 1 N–H and O–H groups in total. The van der Waals surface area contributed by atoms with Gasteiger partial charge in [0, 0.05) is 11.6 Å². The summed E-state index contributed by atoms with van der Waals surface area (Å²) in [5.41, 5.74) is -0.290. The highest BCUT2D eigenvalue weighted by molar-refractivity contribution is 6.51. The molecular formula is C28H23F2NO7. The molecule has 1 fully saturated rings. The van der Waals surface area contributed by atoms with Crippen molar-refractivity contribution in [3.63, 3.8) is 0 Å². The molecule has 0 bridgehead atoms. The minimum absolute atomic E-state index is 0.176. The third-order valence-electron chi connectivity index (χ3n) is 6.23. The van der Waals surface area contributed by atoms with E-state index in [2.05, 4.69) is 0 Å². The van der Waals surface area contributed by atoms with E-state index in [0.29, 0.717) is 41.8 Å². The number of rotatable bonds is 6. The van der Waals surface area contributed by atoms with Gasteiger partial charge in [-0.1, -0.05) is 6.07 Å². The molecule has 1 saturated heterocycles. The number of carbonyl (C=O) groups excluding carboxylic acids is 2. The Bertz CT molecular complexity index is 1470. The molecule has 1 atom stereocenters. The fraction of sp³-hybridized carbons (Fsp3) is 0.214. The highest BCUT2D eigenvalue weighted by Crippen LogP contribution is 2.45. The zero-order valence-electron chi connectivity index (χ0n) is 20.5. The zero-order chi connectivity index (χ0) is 27.0. The topological polar surface area (TPSA) is 94.5 Å². The van der Waals surface area contributed by atoms with Crippen molar-refractivity contribution in [1.82, 2.24) is 0 Å². The van der Waals surface area contributed by atoms with Crippen LogP contribution in [0.1, 0.15) is 24.1 Å². The zero-order valence-corrected chi connectivity index (χ0v) is 20.5. The number of methoxy groups -OCH3 is 1. The van der Waals surface area contributed by atoms with Gasteiger partial charge in [0.25, 0.3) is 11.7 Å². The summed E-state index contributed by atoms with van der Waals surface area (Å²) >= 11 is 0. The lowest BCUT2D eigenvalue weighted by molar-refractivity contribution is -0.132. The van der Waals surface area contributed by atoms with Crippen molar-refractivity contribution in [3.8, 4) is 23.0 Å². The molecule has 2 aliphatic heterocycles. The van der Waals surface area contributed by atoms with E-state index in [1.807, 2.05) is 0 Å². The van der Waals surface area contributed by atoms with Gasteiger partial charge in [0.15, 0.2) is 23.0 Å². The molecule has 38 heavy (non-hydrogen) atoms. The van der Waals surface area contributed by atoms with Crippen LogP contribution in [0.2, 0.25) is 0 Å². The van der Waals surface area contributed by atoms with Gasteiger partial charge in [-0.3, -0.25) is 14.5 Å². The van der Waals surface area contributed by atoms with Crippen LogP contribution in [0.4, 0.5) is 14.5 Å². The number of aliphatic hydroxyl groups is 1. The average Bonchev–Trinajstić information content (AvgIpc) is 3.19. The van der Waals surface area contributed by atoms with E-state index >= 15 is 0 Å². The molecule has 0 spiro atoms. The van der Waals surface area contributed by atoms with Crippen LogP contribution in [0.25, 0.3) is 5.76 Å². The number of aliphatic hydroxyl groups excluding tert-OH is 1. The summed E-state index contributed by atoms with van der Waals surface area (Å²) in [6, 6.07) is 10.5. The number of nitrogens with zero attached hydrogens (tertiary/aromatic N) is 1. The van der Waals surface area contributed by atoms with Crippen LogP contribution in [0.3, 0.4) is 0 Å². The van der Waals surface area contributed by atoms with Gasteiger partial charge in [-0.15, -0.1) is 0 Å². The number of carbonyl (C=O) groups is 2. The summed E-state index contributed by atoms with van der Waals surface area (Å²) in [5.74, 6) is -2.94. The number of fused-ring (bicyclic) bond motifs is 1. The highest BCUT2D eigenvalue weighted by atomic mass is 19.1. The van der Waals surface area contributed by atoms with Crippen molar-refractivity contribution < 1.29 is 42.4 Å². The Morgan fingerprint density at radius 3 is 2.50 bits per heavy atom. The maximum Gasteiger partial charge on any atom is 0.300 e. The van der Waals surface area contributed by atoms with Gasteiger partial charge in [-0.05, 0) is 55.0 Å². The van der Waals surface area contributed by atoms with Crippen LogP contribution in [-0.4, -0.2) is 43.7 Å². The highest BCUT2D eigenvalue weighted by Gasteiger charge is 2.48. The number of anilines is 1. The van der Waals surface area contributed by atoms with Gasteiger partial charge < -0.3 is 24.1 Å². The molecule has 2 aliphatic rings. The summed E-state index contributed by atoms with van der Waals surface area (Å²) in [7, 11) is 1.45. The second-order valence-corrected chi connectivity index (χ2v) is 8.47. The van der Waals surface area contributed by atoms with Crippen molar-refractivity contribution in [2.45, 2.75) is 13.0 Å². The van der Waals surface area contributed by atoms with Gasteiger partial charge >= 0.3 is 0 Å². The van der Waals surface area contributed by atoms with E-state index in [1.165, 1.54) is 25.3 Å². The molecule has 0 aromatic heterocycles. The molecule has 0 radical (unpaired) electrons. The van der Waals surface area contributed by atoms with Crippen LogP contribution in [0.5, 0.6) is 23.0 Å². The lowest BCUT2D eigenvalue weighted by atomic mass is 9.94. The summed E-state index contributed by atoms with van der Waals surface area (Å²) in [6.07, 6.45) is 0. The molecular weight excluding hydrogens is 500 g/mol. The van der Waals surface area contributed by atoms with Crippen LogP contribution >= 0.6 is 0 Å². The van der Waals surface area contributed by atoms with Crippen LogP contribution < -0.4 is 23.8 Å². The minimum Gasteiger partial charge on any atom is -0.507 e. The Labute approximate surface area is 216 Å². The molecule has 1 amide bonds. The van der Waals surface area contributed by atoms with Crippen molar-refractivity contribution in [1.29, 1.82) is 0 Å². The van der Waals surface area contributed by atoms with E-state index in [9.17, 15) is 23.5 Å². The van der Waals surface area contributed by atoms with E-state index < -0.39 is 40.8 Å². The number of ether oxygens (including phenoxy) is 4. The Hall–Kier alpha value is -4.60. The first-order valence-electron chi connectivity index (χ1n) is 11.8. The second-order valence-electron chi connectivity index (χ2n) is 8.47. The molecule has 1 unspecified atom stereocenters. The number of amides is 1. The van der Waals surface area contributed by atoms with Crippen LogP contribution in [0, 0.1) is 11.6 Å². The molecule has 0 aliphatic carbocycles. The molecule has 5 rings (SSSR count). The number of Topliss-reactive ketones (excluding diaryl/α,β-unsaturated/α-hetero) is 1. The normalized spacial score (nSPS) is 18.0. The van der Waals surface area contributed by atoms with Gasteiger partial charge in [-0.25, -0.2) is 8.78 Å². The number of halogens is 2. The van der Waals surface area contributed by atoms with Crippen molar-refractivity contribution in [2.24, 2.45) is 0 Å². The SMILES string of the molecule is CCOc1cc(C2/C(=C(\O)c3ccc4c(c3)OCCO4)C(=O)C(=O)N2c2cc(F)ccc2F)ccc1OC. The number of hydrogen-bond acceptors (Lipinski definition) is 7. The molecule has 2 heterocycles. The Kier molecular flexibility index (Phi) is 6.62. The molecule has 0 saturated carbocycles. The maximum absolute atomic E-state index is 14.9. The third kappa shape index (κ3) is 4.27. The van der Waals surface area contributed by atoms with E-state index in [-0.39, 0.29) is 17.7 Å². The van der Waals surface area contributed by atoms with Crippen molar-refractivity contribution in [3.05, 3.63) is 82.9 Å². The Morgan fingerprint density at radius 2 is 1.76 bits per heavy atom. The van der Waals surface area contributed by atoms with Crippen LogP contribution in [-0.2, 0) is 9.59 Å². The Balaban J connectivity index is 1.73. The standard InChI is InChI=1S/C28H23F2NO7/c1-3-36-22-12-15(4-8-20(22)35-2)25-24(26(32)16-5-9-21-23(13-16)38-11-10-37-21)27(33)28(34)31(25)19-14-17(29)6-7-18(19)30/h4-9,12-14,25,32H,3,10-11H2,1-2H3/b26-24+. The molecule has 8 nitrogen and oxygen atoms in total. The molecule has 196 valence electrons. The smallest absolute Gasteiger partial charge is 0.300 e. The largest absolute Gasteiger partial charge is 0.507 e. The molecule has 3 aromatic rings. The summed E-state index contributed by atoms with van der Waals surface area (Å²) in [5, 5.41) is 11.4. The maximum atomic E-state index is 14.9. The quantitative estimate of drug-likeness (QED) is 0.283. The van der Waals surface area contributed by atoms with Gasteiger partial charge in [0.1, 0.15) is 30.6 Å². The number of benzene rings is 3. The number of hydrogen-bond donors (Lipinski definition) is 1. The number of ketones is 1. The first-order chi connectivity index (χ1) is 18.3. The summed E-state index contributed by atoms with van der Waals surface area (Å²) < 4.78 is 51.2. The monoisotopic (exact) mass is 523 g/mol. The fourth-order valence-electron chi connectivity index (χ4n) is 4.54. The van der Waals surface area contributed by atoms with E-state index in [4.69, 9.17) is 18.9 Å². The van der Waals surface area contributed by atoms with Gasteiger partial charge in [0.2, 0.25) is 0 Å². The summed E-state index contributed by atoms with van der Waals surface area (Å²) in [6.45, 7) is 2.71. The Morgan fingerprint density at radius 1 is 1.00 bits per heavy atom. The van der Waals surface area contributed by atoms with Crippen molar-refractivity contribution >= 4 is 23.1 Å². The average molecular weight is 523 g/mol. The first kappa shape index (κ1) is 25.1. The van der Waals surface area contributed by atoms with Gasteiger partial charge in [0.05, 0.1) is 31.0 Å². The second kappa shape index (κ2) is 10.0. The van der Waals surface area contributed by atoms with Gasteiger partial charge in [-0.2, -0.15) is 0 Å². The first-order valence-corrected chi connectivity index (χ1v) is 11.8. The van der Waals surface area contributed by atoms with E-state index in [1.54, 1.807) is 25.1 Å². The minimum atomic E-state index is -1.32. The lowest BCUT2D eigenvalue weighted by Crippen LogP contribution is -2.30. The molecule has 3 aromatic carbocycles. The molecule has 10 heteroatoms. The van der Waals surface area contributed by atoms with E-state index in [0.717, 1.165) is 23.1 Å². The predicted octanol–water partition coefficient (Wildman–Crippen LogP) is 4.77. The fourth-order valence-corrected chi connectivity index (χ4v) is 4.54. The van der Waals surface area contributed by atoms with Crippen LogP contribution in [0.15, 0.2) is 60.2 Å². The van der Waals surface area contributed by atoms with Crippen molar-refractivity contribution in [2.75, 3.05) is 31.8 Å². The summed E-state index contributed by atoms with van der Waals surface area (Å²) in [4.78, 5) is 27.5. The lowest BCUT2D eigenvalue weighted by Gasteiger charge is -2.26.